The molecule has 0 aliphatic heterocycles. The predicted molar refractivity (Wildman–Crippen MR) is 71.6 cm³/mol. The van der Waals surface area contributed by atoms with Crippen molar-refractivity contribution in [3.8, 4) is 0 Å². The maximum absolute atomic E-state index is 10.4. The Kier molecular flexibility index (Phi) is 3.00. The van der Waals surface area contributed by atoms with E-state index in [0.717, 1.165) is 22.5 Å². The van der Waals surface area contributed by atoms with Crippen LogP contribution in [0.1, 0.15) is 43.8 Å². The number of H-pyrrole nitrogens is 1. The van der Waals surface area contributed by atoms with Gasteiger partial charge in [-0.2, -0.15) is 0 Å². The highest BCUT2D eigenvalue weighted by atomic mass is 16.1. The number of aromatic amines is 1. The lowest BCUT2D eigenvalue weighted by Gasteiger charge is -2.18. The molecule has 1 aliphatic carbocycles. The van der Waals surface area contributed by atoms with Crippen LogP contribution in [0.25, 0.3) is 11.0 Å². The van der Waals surface area contributed by atoms with Crippen molar-refractivity contribution < 1.29 is 4.79 Å². The van der Waals surface area contributed by atoms with Crippen LogP contribution in [0.2, 0.25) is 0 Å². The van der Waals surface area contributed by atoms with E-state index in [0.29, 0.717) is 12.3 Å². The molecule has 1 aromatic carbocycles. The van der Waals surface area contributed by atoms with Crippen molar-refractivity contribution in [2.75, 3.05) is 5.32 Å². The Morgan fingerprint density at radius 2 is 2.11 bits per heavy atom. The van der Waals surface area contributed by atoms with Crippen LogP contribution >= 0.6 is 0 Å². The van der Waals surface area contributed by atoms with E-state index in [1.54, 1.807) is 0 Å². The van der Waals surface area contributed by atoms with E-state index in [1.165, 1.54) is 32.1 Å². The standard InChI is InChI=1S/C14H17N3O/c18-9-15-11-6-7-12-13(8-11)17-14(16-12)10-4-2-1-3-5-10/h6-10H,1-5H2,(H,15,18)(H,16,17). The SMILES string of the molecule is O=CNc1ccc2nc(C3CCCCC3)[nH]c2c1. The van der Waals surface area contributed by atoms with E-state index in [4.69, 9.17) is 0 Å². The smallest absolute Gasteiger partial charge is 0.211 e. The van der Waals surface area contributed by atoms with Crippen LogP contribution < -0.4 is 5.32 Å². The van der Waals surface area contributed by atoms with Gasteiger partial charge in [0.25, 0.3) is 0 Å². The summed E-state index contributed by atoms with van der Waals surface area (Å²) in [7, 11) is 0. The third-order valence-electron chi connectivity index (χ3n) is 3.72. The van der Waals surface area contributed by atoms with Gasteiger partial charge in [-0.15, -0.1) is 0 Å². The number of nitrogens with zero attached hydrogens (tertiary/aromatic N) is 1. The molecule has 1 aromatic heterocycles. The fourth-order valence-electron chi connectivity index (χ4n) is 2.76. The molecule has 0 unspecified atom stereocenters. The van der Waals surface area contributed by atoms with E-state index in [9.17, 15) is 4.79 Å². The van der Waals surface area contributed by atoms with Gasteiger partial charge < -0.3 is 10.3 Å². The highest BCUT2D eigenvalue weighted by Gasteiger charge is 2.18. The largest absolute Gasteiger partial charge is 0.342 e. The maximum atomic E-state index is 10.4. The third kappa shape index (κ3) is 2.10. The first kappa shape index (κ1) is 11.3. The zero-order valence-corrected chi connectivity index (χ0v) is 10.3. The lowest BCUT2D eigenvalue weighted by molar-refractivity contribution is -0.105. The van der Waals surface area contributed by atoms with E-state index < -0.39 is 0 Å². The quantitative estimate of drug-likeness (QED) is 0.813. The number of carbonyl (C=O) groups is 1. The summed E-state index contributed by atoms with van der Waals surface area (Å²) in [5, 5.41) is 2.66. The molecule has 0 bridgehead atoms. The molecule has 2 N–H and O–H groups in total. The Balaban J connectivity index is 1.92. The van der Waals surface area contributed by atoms with Crippen LogP contribution in [0, 0.1) is 0 Å². The highest BCUT2D eigenvalue weighted by Crippen LogP contribution is 2.32. The van der Waals surface area contributed by atoms with E-state index >= 15 is 0 Å². The summed E-state index contributed by atoms with van der Waals surface area (Å²) < 4.78 is 0. The van der Waals surface area contributed by atoms with Gasteiger partial charge in [0.05, 0.1) is 11.0 Å². The van der Waals surface area contributed by atoms with Gasteiger partial charge in [-0.3, -0.25) is 4.79 Å². The van der Waals surface area contributed by atoms with Crippen LogP contribution in [0.5, 0.6) is 0 Å². The zero-order valence-electron chi connectivity index (χ0n) is 10.3. The third-order valence-corrected chi connectivity index (χ3v) is 3.72. The molecule has 1 fully saturated rings. The maximum Gasteiger partial charge on any atom is 0.211 e. The first-order chi connectivity index (χ1) is 8.86. The van der Waals surface area contributed by atoms with Crippen LogP contribution in [0.4, 0.5) is 5.69 Å². The summed E-state index contributed by atoms with van der Waals surface area (Å²) in [6, 6.07) is 5.76. The van der Waals surface area contributed by atoms with Crippen molar-refractivity contribution in [1.82, 2.24) is 9.97 Å². The van der Waals surface area contributed by atoms with Crippen LogP contribution in [0.15, 0.2) is 18.2 Å². The normalized spacial score (nSPS) is 16.9. The first-order valence-electron chi connectivity index (χ1n) is 6.56. The molecule has 0 spiro atoms. The first-order valence-corrected chi connectivity index (χ1v) is 6.56. The van der Waals surface area contributed by atoms with Crippen LogP contribution in [-0.2, 0) is 4.79 Å². The minimum absolute atomic E-state index is 0.577. The van der Waals surface area contributed by atoms with Crippen molar-refractivity contribution in [3.63, 3.8) is 0 Å². The Morgan fingerprint density at radius 1 is 1.28 bits per heavy atom. The number of hydrogen-bond donors (Lipinski definition) is 2. The molecular weight excluding hydrogens is 226 g/mol. The summed E-state index contributed by atoms with van der Waals surface area (Å²) in [6.07, 6.45) is 7.13. The second-order valence-electron chi connectivity index (χ2n) is 4.95. The minimum atomic E-state index is 0.577. The summed E-state index contributed by atoms with van der Waals surface area (Å²) in [5.41, 5.74) is 2.78. The van der Waals surface area contributed by atoms with Gasteiger partial charge in [0.15, 0.2) is 0 Å². The van der Waals surface area contributed by atoms with Crippen molar-refractivity contribution in [2.45, 2.75) is 38.0 Å². The predicted octanol–water partition coefficient (Wildman–Crippen LogP) is 3.18. The Bertz CT molecular complexity index is 555. The van der Waals surface area contributed by atoms with Crippen molar-refractivity contribution >= 4 is 23.1 Å². The van der Waals surface area contributed by atoms with Crippen molar-refractivity contribution in [3.05, 3.63) is 24.0 Å². The lowest BCUT2D eigenvalue weighted by Crippen LogP contribution is -2.05. The summed E-state index contributed by atoms with van der Waals surface area (Å²) in [6.45, 7) is 0. The average Bonchev–Trinajstić information content (AvgIpc) is 2.83. The van der Waals surface area contributed by atoms with Gasteiger partial charge in [0.1, 0.15) is 5.82 Å². The number of rotatable bonds is 3. The van der Waals surface area contributed by atoms with Gasteiger partial charge in [-0.05, 0) is 31.0 Å². The molecule has 18 heavy (non-hydrogen) atoms. The van der Waals surface area contributed by atoms with E-state index in [1.807, 2.05) is 18.2 Å². The number of aromatic nitrogens is 2. The number of imidazole rings is 1. The van der Waals surface area contributed by atoms with Gasteiger partial charge in [-0.1, -0.05) is 19.3 Å². The molecule has 1 heterocycles. The number of amides is 1. The van der Waals surface area contributed by atoms with Crippen molar-refractivity contribution in [2.24, 2.45) is 0 Å². The monoisotopic (exact) mass is 243 g/mol. The van der Waals surface area contributed by atoms with E-state index in [-0.39, 0.29) is 0 Å². The minimum Gasteiger partial charge on any atom is -0.342 e. The van der Waals surface area contributed by atoms with Gasteiger partial charge in [0.2, 0.25) is 6.41 Å². The topological polar surface area (TPSA) is 57.8 Å². The summed E-state index contributed by atoms with van der Waals surface area (Å²) in [4.78, 5) is 18.5. The molecule has 1 saturated carbocycles. The molecule has 1 aliphatic rings. The van der Waals surface area contributed by atoms with Crippen molar-refractivity contribution in [1.29, 1.82) is 0 Å². The molecule has 1 amide bonds. The Morgan fingerprint density at radius 3 is 2.89 bits per heavy atom. The molecule has 94 valence electrons. The number of carbonyl (C=O) groups excluding carboxylic acids is 1. The fourth-order valence-corrected chi connectivity index (χ4v) is 2.76. The Hall–Kier alpha value is -1.84. The second-order valence-corrected chi connectivity index (χ2v) is 4.95. The number of hydrogen-bond acceptors (Lipinski definition) is 2. The molecule has 4 heteroatoms. The highest BCUT2D eigenvalue weighted by molar-refractivity contribution is 5.83. The molecule has 4 nitrogen and oxygen atoms in total. The van der Waals surface area contributed by atoms with Gasteiger partial charge in [0, 0.05) is 11.6 Å². The lowest BCUT2D eigenvalue weighted by atomic mass is 9.89. The number of nitrogens with one attached hydrogen (secondary N) is 2. The molecule has 3 rings (SSSR count). The second kappa shape index (κ2) is 4.80. The zero-order chi connectivity index (χ0) is 12.4. The number of anilines is 1. The molecule has 2 aromatic rings. The van der Waals surface area contributed by atoms with Crippen LogP contribution in [-0.4, -0.2) is 16.4 Å². The average molecular weight is 243 g/mol. The van der Waals surface area contributed by atoms with Gasteiger partial charge in [-0.25, -0.2) is 4.98 Å². The molecular formula is C14H17N3O. The number of fused-ring (bicyclic) bond motifs is 1. The summed E-state index contributed by atoms with van der Waals surface area (Å²) >= 11 is 0. The molecule has 0 radical (unpaired) electrons. The molecule has 0 atom stereocenters. The van der Waals surface area contributed by atoms with E-state index in [2.05, 4.69) is 15.3 Å². The van der Waals surface area contributed by atoms with Crippen LogP contribution in [0.3, 0.4) is 0 Å². The number of benzene rings is 1. The fraction of sp³-hybridized carbons (Fsp3) is 0.429. The Labute approximate surface area is 106 Å². The van der Waals surface area contributed by atoms with Gasteiger partial charge >= 0.3 is 0 Å². The molecule has 0 saturated heterocycles. The summed E-state index contributed by atoms with van der Waals surface area (Å²) in [5.74, 6) is 1.68.